The van der Waals surface area contributed by atoms with Crippen LogP contribution in [0.2, 0.25) is 0 Å². The molecule has 84 heavy (non-hydrogen) atoms. The number of nitrogens with zero attached hydrogens (tertiary/aromatic N) is 8. The van der Waals surface area contributed by atoms with Gasteiger partial charge in [0, 0.05) is 61.5 Å². The van der Waals surface area contributed by atoms with Crippen LogP contribution in [-0.4, -0.2) is 149 Å². The lowest BCUT2D eigenvalue weighted by atomic mass is 9.97. The van der Waals surface area contributed by atoms with Crippen LogP contribution in [0.5, 0.6) is 0 Å². The molecule has 0 saturated carbocycles. The molecule has 2 fully saturated rings. The Balaban J connectivity index is 0.000000202. The number of hydrogen-bond donors (Lipinski definition) is 2. The Labute approximate surface area is 492 Å². The second-order valence-corrected chi connectivity index (χ2v) is 23.0. The van der Waals surface area contributed by atoms with Gasteiger partial charge in [-0.1, -0.05) is 182 Å². The van der Waals surface area contributed by atoms with Gasteiger partial charge in [0.2, 0.25) is 0 Å². The molecule has 0 radical (unpaired) electrons. The number of aliphatic hydroxyl groups excluding tert-OH is 2. The van der Waals surface area contributed by atoms with E-state index in [0.29, 0.717) is 69.2 Å². The van der Waals surface area contributed by atoms with Crippen LogP contribution in [0.1, 0.15) is 73.6 Å². The van der Waals surface area contributed by atoms with Crippen LogP contribution in [0.15, 0.2) is 182 Å². The topological polar surface area (TPSA) is 176 Å². The smallest absolute Gasteiger partial charge is 0.410 e. The first kappa shape index (κ1) is 59.8. The van der Waals surface area contributed by atoms with Gasteiger partial charge < -0.3 is 39.3 Å². The summed E-state index contributed by atoms with van der Waals surface area (Å²) < 4.78 is 14.7. The number of piperazine rings is 2. The lowest BCUT2D eigenvalue weighted by molar-refractivity contribution is 0.00391. The fraction of sp³-hybridized carbons (Fsp3) is 0.324. The Bertz CT molecular complexity index is 3420. The first-order valence-corrected chi connectivity index (χ1v) is 28.8. The van der Waals surface area contributed by atoms with Crippen molar-refractivity contribution in [3.8, 4) is 44.8 Å². The van der Waals surface area contributed by atoms with Gasteiger partial charge in [0.05, 0.1) is 44.1 Å². The molecule has 0 bridgehead atoms. The minimum atomic E-state index is -0.617. The summed E-state index contributed by atoms with van der Waals surface area (Å²) in [7, 11) is 0. The van der Waals surface area contributed by atoms with Gasteiger partial charge in [-0.05, 0) is 76.6 Å². The van der Waals surface area contributed by atoms with E-state index < -0.39 is 11.2 Å². The Morgan fingerprint density at radius 2 is 0.845 bits per heavy atom. The van der Waals surface area contributed by atoms with Crippen molar-refractivity contribution in [3.05, 3.63) is 205 Å². The van der Waals surface area contributed by atoms with Gasteiger partial charge in [0.1, 0.15) is 22.6 Å². The summed E-state index contributed by atoms with van der Waals surface area (Å²) in [5.74, 6) is -0.380. The van der Waals surface area contributed by atoms with Crippen LogP contribution in [0.3, 0.4) is 0 Å². The highest BCUT2D eigenvalue weighted by molar-refractivity contribution is 6.04. The van der Waals surface area contributed by atoms with Gasteiger partial charge in [-0.3, -0.25) is 19.0 Å². The average Bonchev–Trinajstić information content (AvgIpc) is 2.36. The molecular weight excluding hydrogens is 1060 g/mol. The van der Waals surface area contributed by atoms with Crippen molar-refractivity contribution in [1.29, 1.82) is 0 Å². The first-order chi connectivity index (χ1) is 40.5. The summed E-state index contributed by atoms with van der Waals surface area (Å²) in [4.78, 5) is 62.4. The maximum absolute atomic E-state index is 14.7. The highest BCUT2D eigenvalue weighted by Gasteiger charge is 2.40. The van der Waals surface area contributed by atoms with Gasteiger partial charge >= 0.3 is 12.2 Å². The molecule has 0 aliphatic carbocycles. The van der Waals surface area contributed by atoms with Gasteiger partial charge in [-0.15, -0.1) is 0 Å². The molecule has 4 heterocycles. The van der Waals surface area contributed by atoms with E-state index >= 15 is 0 Å². The third-order valence-corrected chi connectivity index (χ3v) is 14.6. The summed E-state index contributed by atoms with van der Waals surface area (Å²) >= 11 is 0. The third kappa shape index (κ3) is 14.7. The predicted octanol–water partition coefficient (Wildman–Crippen LogP) is 11.0. The minimum absolute atomic E-state index is 0.116. The Morgan fingerprint density at radius 3 is 1.27 bits per heavy atom. The van der Waals surface area contributed by atoms with E-state index in [1.54, 1.807) is 19.2 Å². The molecule has 2 N–H and O–H groups in total. The molecule has 8 aromatic rings. The van der Waals surface area contributed by atoms with Crippen LogP contribution in [-0.2, 0) is 35.4 Å². The normalized spacial score (nSPS) is 15.5. The molecule has 4 amide bonds. The number of rotatable bonds is 14. The van der Waals surface area contributed by atoms with Crippen molar-refractivity contribution in [3.63, 3.8) is 0 Å². The Morgan fingerprint density at radius 1 is 0.464 bits per heavy atom. The lowest BCUT2D eigenvalue weighted by Crippen LogP contribution is -2.58. The van der Waals surface area contributed by atoms with Crippen molar-refractivity contribution in [1.82, 2.24) is 39.2 Å². The van der Waals surface area contributed by atoms with E-state index in [0.717, 1.165) is 50.2 Å². The molecule has 10 rings (SSSR count). The monoisotopic (exact) mass is 1130 g/mol. The van der Waals surface area contributed by atoms with E-state index in [9.17, 15) is 29.4 Å². The Hall–Kier alpha value is -8.86. The summed E-state index contributed by atoms with van der Waals surface area (Å²) in [6, 6.07) is 58.6. The molecule has 2 aliphatic heterocycles. The van der Waals surface area contributed by atoms with E-state index in [1.807, 2.05) is 233 Å². The summed E-state index contributed by atoms with van der Waals surface area (Å²) in [6.45, 7) is 13.3. The van der Waals surface area contributed by atoms with Crippen LogP contribution < -0.4 is 0 Å². The van der Waals surface area contributed by atoms with Gasteiger partial charge in [-0.2, -0.15) is 10.2 Å². The van der Waals surface area contributed by atoms with Crippen LogP contribution in [0.25, 0.3) is 44.8 Å². The van der Waals surface area contributed by atoms with Crippen LogP contribution >= 0.6 is 0 Å². The van der Waals surface area contributed by atoms with Crippen molar-refractivity contribution in [2.24, 2.45) is 0 Å². The van der Waals surface area contributed by atoms with Crippen molar-refractivity contribution < 1.29 is 38.9 Å². The molecule has 6 aromatic carbocycles. The fourth-order valence-electron chi connectivity index (χ4n) is 10.9. The molecule has 16 nitrogen and oxygen atoms in total. The number of benzene rings is 6. The number of aromatic nitrogens is 4. The fourth-order valence-corrected chi connectivity index (χ4v) is 10.9. The molecule has 0 unspecified atom stereocenters. The van der Waals surface area contributed by atoms with E-state index in [-0.39, 0.29) is 62.4 Å². The second-order valence-electron chi connectivity index (χ2n) is 23.0. The number of hydrogen-bond acceptors (Lipinski definition) is 10. The van der Waals surface area contributed by atoms with E-state index in [2.05, 4.69) is 0 Å². The van der Waals surface area contributed by atoms with Gasteiger partial charge in [-0.25, -0.2) is 9.59 Å². The summed E-state index contributed by atoms with van der Waals surface area (Å²) in [5.41, 5.74) is 8.14. The molecule has 2 aliphatic rings. The third-order valence-electron chi connectivity index (χ3n) is 14.6. The predicted molar refractivity (Wildman–Crippen MR) is 326 cm³/mol. The number of amides is 4. The standard InChI is InChI=1S/2C34H38N4O4/c1-34(2,3)42-33(41)36-19-20-37(28(24-36)23-25-13-7-4-8-14-25)32(40)30-29(26-15-9-5-10-16-26)31(38(35-30)21-22-39)27-17-11-6-12-18-27;1-34(2,3)42-33(41)36-19-20-37(28(24-36)23-25-13-7-4-8-14-25)32(40)31-29(26-15-9-5-10-16-26)30(35-38(31)21-22-39)27-17-11-6-12-18-27/h2*4-18,28,39H,19-24H2,1-3H3/t2*28-/m11/s1. The molecule has 2 saturated heterocycles. The second kappa shape index (κ2) is 27.0. The van der Waals surface area contributed by atoms with Gasteiger partial charge in [0.25, 0.3) is 11.8 Å². The first-order valence-electron chi connectivity index (χ1n) is 28.8. The number of carbonyl (C=O) groups excluding carboxylic acids is 4. The van der Waals surface area contributed by atoms with Crippen molar-refractivity contribution in [2.75, 3.05) is 52.5 Å². The summed E-state index contributed by atoms with van der Waals surface area (Å²) in [5, 5.41) is 29.6. The molecule has 2 aromatic heterocycles. The zero-order chi connectivity index (χ0) is 59.4. The number of aliphatic hydroxyl groups is 2. The SMILES string of the molecule is CC(C)(C)OC(=O)N1CCN(C(=O)c2c(-c3ccccc3)c(-c3ccccc3)nn2CCO)[C@H](Cc2ccccc2)C1.CC(C)(C)OC(=O)N1CCN(C(=O)c2nn(CCO)c(-c3ccccc3)c2-c2ccccc2)[C@H](Cc2ccccc2)C1. The quantitative estimate of drug-likeness (QED) is 0.107. The largest absolute Gasteiger partial charge is 0.444 e. The highest BCUT2D eigenvalue weighted by atomic mass is 16.6. The van der Waals surface area contributed by atoms with Crippen LogP contribution in [0.4, 0.5) is 9.59 Å². The average molecular weight is 1130 g/mol. The highest BCUT2D eigenvalue weighted by Crippen LogP contribution is 2.38. The number of ether oxygens (including phenoxy) is 2. The van der Waals surface area contributed by atoms with E-state index in [1.165, 1.54) is 0 Å². The zero-order valence-corrected chi connectivity index (χ0v) is 48.9. The molecule has 436 valence electrons. The molecule has 0 spiro atoms. The number of carbonyl (C=O) groups is 4. The van der Waals surface area contributed by atoms with Gasteiger partial charge in [0.15, 0.2) is 5.69 Å². The minimum Gasteiger partial charge on any atom is -0.444 e. The lowest BCUT2D eigenvalue weighted by Gasteiger charge is -2.42. The molecular formula is C68H76N8O8. The molecule has 2 atom stereocenters. The van der Waals surface area contributed by atoms with E-state index in [4.69, 9.17) is 19.7 Å². The zero-order valence-electron chi connectivity index (χ0n) is 48.9. The maximum atomic E-state index is 14.7. The molecule has 16 heteroatoms. The summed E-state index contributed by atoms with van der Waals surface area (Å²) in [6.07, 6.45) is 0.396. The van der Waals surface area contributed by atoms with Crippen LogP contribution in [0, 0.1) is 0 Å². The van der Waals surface area contributed by atoms with Crippen molar-refractivity contribution >= 4 is 24.0 Å². The van der Waals surface area contributed by atoms with Crippen molar-refractivity contribution in [2.45, 2.75) is 90.8 Å². The Kier molecular flexibility index (Phi) is 19.2. The maximum Gasteiger partial charge on any atom is 0.410 e.